The number of halogens is 1. The number of fused-ring (bicyclic) bond motifs is 1. The first-order valence-corrected chi connectivity index (χ1v) is 8.83. The molecule has 2 aromatic heterocycles. The van der Waals surface area contributed by atoms with Crippen molar-refractivity contribution in [1.29, 1.82) is 0 Å². The van der Waals surface area contributed by atoms with Crippen LogP contribution in [0, 0.1) is 5.82 Å². The standard InChI is InChI=1S/C23H14FN3O/c24-19-12-6-4-11-17(19)22-26-27-23(28-22)18-14-21(15-8-2-1-3-9-15)25-20-13-7-5-10-16(18)20/h1-14H. The first-order chi connectivity index (χ1) is 13.8. The van der Waals surface area contributed by atoms with Crippen molar-refractivity contribution < 1.29 is 8.81 Å². The Kier molecular flexibility index (Phi) is 3.91. The van der Waals surface area contributed by atoms with E-state index in [0.29, 0.717) is 5.89 Å². The number of rotatable bonds is 3. The molecule has 5 heteroatoms. The zero-order chi connectivity index (χ0) is 18.9. The second-order valence-electron chi connectivity index (χ2n) is 6.33. The Balaban J connectivity index is 1.70. The van der Waals surface area contributed by atoms with Gasteiger partial charge in [0.15, 0.2) is 0 Å². The molecule has 0 amide bonds. The smallest absolute Gasteiger partial charge is 0.251 e. The highest BCUT2D eigenvalue weighted by Gasteiger charge is 2.17. The van der Waals surface area contributed by atoms with E-state index in [0.717, 1.165) is 27.7 Å². The van der Waals surface area contributed by atoms with Gasteiger partial charge in [-0.2, -0.15) is 0 Å². The first-order valence-electron chi connectivity index (χ1n) is 8.83. The fraction of sp³-hybridized carbons (Fsp3) is 0. The molecule has 0 aliphatic heterocycles. The summed E-state index contributed by atoms with van der Waals surface area (Å²) in [6.07, 6.45) is 0. The minimum Gasteiger partial charge on any atom is -0.416 e. The van der Waals surface area contributed by atoms with Crippen LogP contribution in [0.15, 0.2) is 89.3 Å². The monoisotopic (exact) mass is 367 g/mol. The van der Waals surface area contributed by atoms with Crippen molar-refractivity contribution in [2.24, 2.45) is 0 Å². The fourth-order valence-corrected chi connectivity index (χ4v) is 3.18. The van der Waals surface area contributed by atoms with Gasteiger partial charge in [-0.1, -0.05) is 60.7 Å². The van der Waals surface area contributed by atoms with Crippen LogP contribution < -0.4 is 0 Å². The van der Waals surface area contributed by atoms with Crippen LogP contribution in [-0.2, 0) is 0 Å². The first kappa shape index (κ1) is 16.3. The van der Waals surface area contributed by atoms with E-state index in [4.69, 9.17) is 9.40 Å². The summed E-state index contributed by atoms with van der Waals surface area (Å²) < 4.78 is 19.9. The predicted molar refractivity (Wildman–Crippen MR) is 106 cm³/mol. The van der Waals surface area contributed by atoms with Gasteiger partial charge >= 0.3 is 0 Å². The molecule has 5 aromatic rings. The van der Waals surface area contributed by atoms with Gasteiger partial charge in [0.1, 0.15) is 5.82 Å². The van der Waals surface area contributed by atoms with E-state index < -0.39 is 5.82 Å². The summed E-state index contributed by atoms with van der Waals surface area (Å²) >= 11 is 0. The van der Waals surface area contributed by atoms with Gasteiger partial charge in [0.25, 0.3) is 5.89 Å². The van der Waals surface area contributed by atoms with Crippen LogP contribution in [0.3, 0.4) is 0 Å². The quantitative estimate of drug-likeness (QED) is 0.407. The molecule has 0 bridgehead atoms. The highest BCUT2D eigenvalue weighted by molar-refractivity contribution is 5.94. The zero-order valence-electron chi connectivity index (χ0n) is 14.7. The number of hydrogen-bond acceptors (Lipinski definition) is 4. The van der Waals surface area contributed by atoms with E-state index >= 15 is 0 Å². The van der Waals surface area contributed by atoms with Crippen molar-refractivity contribution >= 4 is 10.9 Å². The SMILES string of the molecule is Fc1ccccc1-c1nnc(-c2cc(-c3ccccc3)nc3ccccc23)o1. The summed E-state index contributed by atoms with van der Waals surface area (Å²) in [5.41, 5.74) is 3.66. The molecule has 4 nitrogen and oxygen atoms in total. The Hall–Kier alpha value is -3.86. The van der Waals surface area contributed by atoms with Gasteiger partial charge in [-0.05, 0) is 24.3 Å². The number of aromatic nitrogens is 3. The molecule has 0 fully saturated rings. The Bertz CT molecular complexity index is 1280. The summed E-state index contributed by atoms with van der Waals surface area (Å²) in [6.45, 7) is 0. The second kappa shape index (κ2) is 6.70. The lowest BCUT2D eigenvalue weighted by atomic mass is 10.0. The number of hydrogen-bond donors (Lipinski definition) is 0. The Morgan fingerprint density at radius 2 is 1.36 bits per heavy atom. The van der Waals surface area contributed by atoms with Crippen LogP contribution in [0.2, 0.25) is 0 Å². The zero-order valence-corrected chi connectivity index (χ0v) is 14.7. The van der Waals surface area contributed by atoms with E-state index in [1.807, 2.05) is 60.7 Å². The summed E-state index contributed by atoms with van der Waals surface area (Å²) in [5.74, 6) is 0.0755. The van der Waals surface area contributed by atoms with Gasteiger partial charge in [0, 0.05) is 10.9 Å². The van der Waals surface area contributed by atoms with Gasteiger partial charge < -0.3 is 4.42 Å². The van der Waals surface area contributed by atoms with Crippen LogP contribution >= 0.6 is 0 Å². The summed E-state index contributed by atoms with van der Waals surface area (Å²) in [5, 5.41) is 9.13. The third-order valence-electron chi connectivity index (χ3n) is 4.55. The molecule has 134 valence electrons. The van der Waals surface area contributed by atoms with Crippen molar-refractivity contribution in [3.05, 3.63) is 90.7 Å². The van der Waals surface area contributed by atoms with Crippen LogP contribution in [0.4, 0.5) is 4.39 Å². The van der Waals surface area contributed by atoms with Crippen LogP contribution in [0.1, 0.15) is 0 Å². The molecular formula is C23H14FN3O. The molecule has 5 rings (SSSR count). The number of pyridine rings is 1. The molecule has 0 atom stereocenters. The minimum atomic E-state index is -0.401. The molecular weight excluding hydrogens is 353 g/mol. The highest BCUT2D eigenvalue weighted by Crippen LogP contribution is 2.33. The van der Waals surface area contributed by atoms with Crippen molar-refractivity contribution in [1.82, 2.24) is 15.2 Å². The van der Waals surface area contributed by atoms with E-state index in [1.54, 1.807) is 18.2 Å². The summed E-state index contributed by atoms with van der Waals surface area (Å²) in [7, 11) is 0. The molecule has 0 radical (unpaired) electrons. The molecule has 0 unspecified atom stereocenters. The van der Waals surface area contributed by atoms with Gasteiger partial charge in [-0.3, -0.25) is 0 Å². The van der Waals surface area contributed by atoms with Gasteiger partial charge in [0.05, 0.1) is 22.3 Å². The van der Waals surface area contributed by atoms with Gasteiger partial charge in [-0.25, -0.2) is 9.37 Å². The van der Waals surface area contributed by atoms with Crippen LogP contribution in [-0.4, -0.2) is 15.2 Å². The fourth-order valence-electron chi connectivity index (χ4n) is 3.18. The van der Waals surface area contributed by atoms with Crippen molar-refractivity contribution in [3.8, 4) is 34.2 Å². The van der Waals surface area contributed by atoms with E-state index in [9.17, 15) is 4.39 Å². The molecule has 2 heterocycles. The third kappa shape index (κ3) is 2.83. The summed E-state index contributed by atoms with van der Waals surface area (Å²) in [4.78, 5) is 4.76. The molecule has 0 saturated heterocycles. The van der Waals surface area contributed by atoms with Crippen molar-refractivity contribution in [2.75, 3.05) is 0 Å². The van der Waals surface area contributed by atoms with Crippen molar-refractivity contribution in [2.45, 2.75) is 0 Å². The maximum atomic E-state index is 14.1. The average Bonchev–Trinajstić information content (AvgIpc) is 3.24. The lowest BCUT2D eigenvalue weighted by molar-refractivity contribution is 0.571. The molecule has 0 spiro atoms. The Morgan fingerprint density at radius 1 is 0.679 bits per heavy atom. The molecule has 0 aliphatic rings. The number of benzene rings is 3. The Labute approximate surface area is 160 Å². The minimum absolute atomic E-state index is 0.148. The maximum Gasteiger partial charge on any atom is 0.251 e. The summed E-state index contributed by atoms with van der Waals surface area (Å²) in [6, 6.07) is 25.9. The Morgan fingerprint density at radius 3 is 2.18 bits per heavy atom. The molecule has 28 heavy (non-hydrogen) atoms. The normalized spacial score (nSPS) is 11.0. The van der Waals surface area contributed by atoms with Gasteiger partial charge in [0.2, 0.25) is 5.89 Å². The van der Waals surface area contributed by atoms with Crippen LogP contribution in [0.5, 0.6) is 0 Å². The topological polar surface area (TPSA) is 51.8 Å². The second-order valence-corrected chi connectivity index (χ2v) is 6.33. The lowest BCUT2D eigenvalue weighted by Gasteiger charge is -2.07. The van der Waals surface area contributed by atoms with Crippen LogP contribution in [0.25, 0.3) is 45.1 Å². The molecule has 0 saturated carbocycles. The highest BCUT2D eigenvalue weighted by atomic mass is 19.1. The number of nitrogens with zero attached hydrogens (tertiary/aromatic N) is 3. The third-order valence-corrected chi connectivity index (χ3v) is 4.55. The maximum absolute atomic E-state index is 14.1. The number of para-hydroxylation sites is 1. The van der Waals surface area contributed by atoms with Gasteiger partial charge in [-0.15, -0.1) is 10.2 Å². The van der Waals surface area contributed by atoms with E-state index in [2.05, 4.69) is 10.2 Å². The largest absolute Gasteiger partial charge is 0.416 e. The van der Waals surface area contributed by atoms with E-state index in [1.165, 1.54) is 6.07 Å². The molecule has 0 N–H and O–H groups in total. The predicted octanol–water partition coefficient (Wildman–Crippen LogP) is 5.76. The van der Waals surface area contributed by atoms with E-state index in [-0.39, 0.29) is 11.5 Å². The van der Waals surface area contributed by atoms with Crippen molar-refractivity contribution in [3.63, 3.8) is 0 Å². The lowest BCUT2D eigenvalue weighted by Crippen LogP contribution is -1.89. The molecule has 3 aromatic carbocycles. The molecule has 0 aliphatic carbocycles. The average molecular weight is 367 g/mol.